The van der Waals surface area contributed by atoms with Gasteiger partial charge in [-0.15, -0.1) is 0 Å². The molecular formula is C15H22FNO2. The highest BCUT2D eigenvalue weighted by Crippen LogP contribution is 2.22. The van der Waals surface area contributed by atoms with Crippen molar-refractivity contribution in [3.63, 3.8) is 0 Å². The minimum absolute atomic E-state index is 0.227. The van der Waals surface area contributed by atoms with Crippen LogP contribution in [0.1, 0.15) is 44.0 Å². The van der Waals surface area contributed by atoms with Crippen LogP contribution >= 0.6 is 0 Å². The fourth-order valence-corrected chi connectivity index (χ4v) is 2.10. The Morgan fingerprint density at radius 2 is 1.95 bits per heavy atom. The van der Waals surface area contributed by atoms with Crippen LogP contribution in [0.5, 0.6) is 5.75 Å². The second-order valence-corrected chi connectivity index (χ2v) is 4.66. The molecule has 1 aromatic carbocycles. The predicted molar refractivity (Wildman–Crippen MR) is 73.7 cm³/mol. The highest BCUT2D eigenvalue weighted by Gasteiger charge is 2.23. The minimum atomic E-state index is -0.673. The zero-order valence-electron chi connectivity index (χ0n) is 11.8. The number of benzene rings is 1. The van der Waals surface area contributed by atoms with E-state index in [1.54, 1.807) is 4.90 Å². The molecule has 0 heterocycles. The molecule has 3 nitrogen and oxygen atoms in total. The van der Waals surface area contributed by atoms with E-state index in [2.05, 4.69) is 13.8 Å². The highest BCUT2D eigenvalue weighted by molar-refractivity contribution is 5.97. The number of hydrogen-bond donors (Lipinski definition) is 1. The molecule has 4 heteroatoms. The van der Waals surface area contributed by atoms with Crippen LogP contribution in [-0.2, 0) is 0 Å². The lowest BCUT2D eigenvalue weighted by molar-refractivity contribution is 0.0727. The Labute approximate surface area is 114 Å². The van der Waals surface area contributed by atoms with E-state index >= 15 is 0 Å². The molecule has 0 atom stereocenters. The first-order valence-corrected chi connectivity index (χ1v) is 6.81. The van der Waals surface area contributed by atoms with E-state index in [0.29, 0.717) is 19.0 Å². The van der Waals surface area contributed by atoms with Crippen LogP contribution < -0.4 is 0 Å². The quantitative estimate of drug-likeness (QED) is 0.857. The molecule has 1 amide bonds. The highest BCUT2D eigenvalue weighted by atomic mass is 19.1. The molecule has 19 heavy (non-hydrogen) atoms. The minimum Gasteiger partial charge on any atom is -0.507 e. The molecule has 0 radical (unpaired) electrons. The maximum Gasteiger partial charge on any atom is 0.260 e. The van der Waals surface area contributed by atoms with Crippen LogP contribution in [0.4, 0.5) is 4.39 Å². The number of phenols is 1. The standard InChI is InChI=1S/C15H22FNO2/c1-4-11(5-2)10-17(6-3)15(19)14-12(16)8-7-9-13(14)18/h7-9,11,18H,4-6,10H2,1-3H3. The molecular weight excluding hydrogens is 245 g/mol. The summed E-state index contributed by atoms with van der Waals surface area (Å²) < 4.78 is 13.7. The Balaban J connectivity index is 2.96. The molecule has 0 fully saturated rings. The molecule has 106 valence electrons. The third-order valence-corrected chi connectivity index (χ3v) is 3.51. The van der Waals surface area contributed by atoms with Gasteiger partial charge in [-0.1, -0.05) is 32.8 Å². The summed E-state index contributed by atoms with van der Waals surface area (Å²) in [4.78, 5) is 13.9. The Morgan fingerprint density at radius 1 is 1.32 bits per heavy atom. The number of nitrogens with zero attached hydrogens (tertiary/aromatic N) is 1. The first-order valence-electron chi connectivity index (χ1n) is 6.81. The van der Waals surface area contributed by atoms with Crippen molar-refractivity contribution < 1.29 is 14.3 Å². The first kappa shape index (κ1) is 15.5. The van der Waals surface area contributed by atoms with E-state index in [4.69, 9.17) is 0 Å². The maximum atomic E-state index is 13.7. The van der Waals surface area contributed by atoms with Gasteiger partial charge < -0.3 is 10.0 Å². The van der Waals surface area contributed by atoms with Gasteiger partial charge in [0.1, 0.15) is 17.1 Å². The summed E-state index contributed by atoms with van der Waals surface area (Å²) in [6.07, 6.45) is 1.95. The summed E-state index contributed by atoms with van der Waals surface area (Å²) in [5, 5.41) is 9.67. The predicted octanol–water partition coefficient (Wildman–Crippen LogP) is 3.43. The van der Waals surface area contributed by atoms with Crippen LogP contribution in [0, 0.1) is 11.7 Å². The Bertz CT molecular complexity index is 410. The number of rotatable bonds is 6. The number of halogens is 1. The van der Waals surface area contributed by atoms with Gasteiger partial charge in [0.05, 0.1) is 0 Å². The molecule has 1 rings (SSSR count). The molecule has 0 unspecified atom stereocenters. The van der Waals surface area contributed by atoms with Crippen molar-refractivity contribution in [2.45, 2.75) is 33.6 Å². The zero-order valence-corrected chi connectivity index (χ0v) is 11.8. The summed E-state index contributed by atoms with van der Waals surface area (Å²) in [6, 6.07) is 3.91. The van der Waals surface area contributed by atoms with E-state index in [1.165, 1.54) is 18.2 Å². The van der Waals surface area contributed by atoms with E-state index in [1.807, 2.05) is 6.92 Å². The smallest absolute Gasteiger partial charge is 0.260 e. The van der Waals surface area contributed by atoms with Crippen molar-refractivity contribution >= 4 is 5.91 Å². The topological polar surface area (TPSA) is 40.5 Å². The Morgan fingerprint density at radius 3 is 2.42 bits per heavy atom. The fraction of sp³-hybridized carbons (Fsp3) is 0.533. The SMILES string of the molecule is CCC(CC)CN(CC)C(=O)c1c(O)cccc1F. The largest absolute Gasteiger partial charge is 0.507 e. The van der Waals surface area contributed by atoms with E-state index in [9.17, 15) is 14.3 Å². The second-order valence-electron chi connectivity index (χ2n) is 4.66. The average Bonchev–Trinajstić information content (AvgIpc) is 2.40. The number of carbonyl (C=O) groups excluding carboxylic acids is 1. The Hall–Kier alpha value is -1.58. The van der Waals surface area contributed by atoms with Gasteiger partial charge >= 0.3 is 0 Å². The molecule has 0 aromatic heterocycles. The van der Waals surface area contributed by atoms with Crippen LogP contribution in [0.3, 0.4) is 0 Å². The normalized spacial score (nSPS) is 10.8. The van der Waals surface area contributed by atoms with Crippen LogP contribution in [0.15, 0.2) is 18.2 Å². The van der Waals surface area contributed by atoms with Crippen molar-refractivity contribution in [3.05, 3.63) is 29.6 Å². The van der Waals surface area contributed by atoms with E-state index in [0.717, 1.165) is 12.8 Å². The number of phenolic OH excluding ortho intramolecular Hbond substituents is 1. The van der Waals surface area contributed by atoms with Crippen molar-refractivity contribution in [1.82, 2.24) is 4.90 Å². The molecule has 0 saturated heterocycles. The van der Waals surface area contributed by atoms with Crippen molar-refractivity contribution in [2.75, 3.05) is 13.1 Å². The second kappa shape index (κ2) is 7.12. The van der Waals surface area contributed by atoms with Gasteiger partial charge in [0.2, 0.25) is 0 Å². The zero-order chi connectivity index (χ0) is 14.4. The summed E-state index contributed by atoms with van der Waals surface area (Å²) in [5.74, 6) is -1.01. The third kappa shape index (κ3) is 3.69. The number of carbonyl (C=O) groups is 1. The maximum absolute atomic E-state index is 13.7. The Kier molecular flexibility index (Phi) is 5.80. The molecule has 0 aliphatic heterocycles. The monoisotopic (exact) mass is 267 g/mol. The summed E-state index contributed by atoms with van der Waals surface area (Å²) in [5.41, 5.74) is -0.227. The van der Waals surface area contributed by atoms with Crippen LogP contribution in [0.25, 0.3) is 0 Å². The summed E-state index contributed by atoms with van der Waals surface area (Å²) in [6.45, 7) is 7.11. The lowest BCUT2D eigenvalue weighted by Crippen LogP contribution is -2.35. The first-order chi connectivity index (χ1) is 9.04. The van der Waals surface area contributed by atoms with Crippen LogP contribution in [0.2, 0.25) is 0 Å². The summed E-state index contributed by atoms with van der Waals surface area (Å²) >= 11 is 0. The lowest BCUT2D eigenvalue weighted by atomic mass is 10.0. The van der Waals surface area contributed by atoms with Gasteiger partial charge in [-0.2, -0.15) is 0 Å². The van der Waals surface area contributed by atoms with Gasteiger partial charge in [0.25, 0.3) is 5.91 Å². The van der Waals surface area contributed by atoms with E-state index in [-0.39, 0.29) is 11.3 Å². The lowest BCUT2D eigenvalue weighted by Gasteiger charge is -2.26. The van der Waals surface area contributed by atoms with Crippen molar-refractivity contribution in [2.24, 2.45) is 5.92 Å². The number of hydrogen-bond acceptors (Lipinski definition) is 2. The van der Waals surface area contributed by atoms with Crippen molar-refractivity contribution in [1.29, 1.82) is 0 Å². The third-order valence-electron chi connectivity index (χ3n) is 3.51. The van der Waals surface area contributed by atoms with Crippen molar-refractivity contribution in [3.8, 4) is 5.75 Å². The summed E-state index contributed by atoms with van der Waals surface area (Å²) in [7, 11) is 0. The number of amides is 1. The van der Waals surface area contributed by atoms with Gasteiger partial charge in [-0.05, 0) is 25.0 Å². The molecule has 0 spiro atoms. The van der Waals surface area contributed by atoms with E-state index < -0.39 is 11.7 Å². The molecule has 0 saturated carbocycles. The van der Waals surface area contributed by atoms with Crippen LogP contribution in [-0.4, -0.2) is 29.0 Å². The molecule has 1 aromatic rings. The molecule has 0 aliphatic carbocycles. The van der Waals surface area contributed by atoms with Gasteiger partial charge in [0, 0.05) is 13.1 Å². The van der Waals surface area contributed by atoms with Gasteiger partial charge in [0.15, 0.2) is 0 Å². The number of aromatic hydroxyl groups is 1. The molecule has 1 N–H and O–H groups in total. The average molecular weight is 267 g/mol. The molecule has 0 bridgehead atoms. The van der Waals surface area contributed by atoms with Gasteiger partial charge in [-0.25, -0.2) is 4.39 Å². The fourth-order valence-electron chi connectivity index (χ4n) is 2.10. The van der Waals surface area contributed by atoms with Gasteiger partial charge in [-0.3, -0.25) is 4.79 Å². The molecule has 0 aliphatic rings.